The minimum Gasteiger partial charge on any atom is -0.492 e. The van der Waals surface area contributed by atoms with E-state index in [9.17, 15) is 43.2 Å². The van der Waals surface area contributed by atoms with Crippen LogP contribution >= 0.6 is 22.9 Å². The Morgan fingerprint density at radius 1 is 0.876 bits per heavy atom. The quantitative estimate of drug-likeness (QED) is 0.0180. The summed E-state index contributed by atoms with van der Waals surface area (Å²) in [6, 6.07) is 12.0. The number of carbonyl (C=O) groups is 9. The molecule has 7 N–H and O–H groups in total. The van der Waals surface area contributed by atoms with E-state index >= 15 is 0 Å². The van der Waals surface area contributed by atoms with E-state index < -0.39 is 59.4 Å². The number of primary amides is 1. The van der Waals surface area contributed by atoms with Gasteiger partial charge in [0.2, 0.25) is 11.8 Å². The van der Waals surface area contributed by atoms with Crippen molar-refractivity contribution in [3.05, 3.63) is 94.5 Å². The summed E-state index contributed by atoms with van der Waals surface area (Å²) in [4.78, 5) is 132. The first kappa shape index (κ1) is 66.9. The predicted octanol–water partition coefficient (Wildman–Crippen LogP) is 8.14. The lowest BCUT2D eigenvalue weighted by Crippen LogP contribution is -2.57. The summed E-state index contributed by atoms with van der Waals surface area (Å²) >= 11 is 8.08. The first-order valence-corrected chi connectivity index (χ1v) is 31.7. The maximum absolute atomic E-state index is 14.5. The van der Waals surface area contributed by atoms with Gasteiger partial charge >= 0.3 is 18.2 Å². The molecule has 0 saturated carbocycles. The van der Waals surface area contributed by atoms with Crippen LogP contribution in [0.2, 0.25) is 0 Å². The number of anilines is 2. The smallest absolute Gasteiger partial charge is 0.415 e. The van der Waals surface area contributed by atoms with E-state index in [1.165, 1.54) is 58.3 Å². The first-order valence-electron chi connectivity index (χ1n) is 30.2. The highest BCUT2D eigenvalue weighted by atomic mass is 35.5. The second-order valence-corrected chi connectivity index (χ2v) is 25.4. The lowest BCUT2D eigenvalue weighted by Gasteiger charge is -2.33. The largest absolute Gasteiger partial charge is 0.492 e. The van der Waals surface area contributed by atoms with Gasteiger partial charge < -0.3 is 56.0 Å². The predicted molar refractivity (Wildman–Crippen MR) is 341 cm³/mol. The van der Waals surface area contributed by atoms with Gasteiger partial charge in [-0.2, -0.15) is 0 Å². The number of aryl methyl sites for hydroxylation is 1. The summed E-state index contributed by atoms with van der Waals surface area (Å²) in [5, 5.41) is 9.19. The number of aromatic nitrogens is 1. The van der Waals surface area contributed by atoms with Crippen molar-refractivity contribution in [1.82, 2.24) is 35.2 Å². The number of alkyl halides is 1. The van der Waals surface area contributed by atoms with Crippen LogP contribution in [-0.4, -0.2) is 169 Å². The van der Waals surface area contributed by atoms with Gasteiger partial charge in [-0.3, -0.25) is 38.6 Å². The molecule has 3 aliphatic rings. The summed E-state index contributed by atoms with van der Waals surface area (Å²) in [5.41, 5.74) is 15.2. The Morgan fingerprint density at radius 3 is 2.24 bits per heavy atom. The molecule has 5 aromatic rings. The number of imide groups is 2. The minimum absolute atomic E-state index is 0.0539. The van der Waals surface area contributed by atoms with Crippen LogP contribution < -0.4 is 41.4 Å². The van der Waals surface area contributed by atoms with Crippen molar-refractivity contribution in [2.45, 2.75) is 111 Å². The van der Waals surface area contributed by atoms with Crippen molar-refractivity contribution in [2.24, 2.45) is 22.8 Å². The molecule has 8 rings (SSSR count). The minimum atomic E-state index is -1.25. The molecular weight excluding hydrogens is 1180 g/mol. The molecule has 0 bridgehead atoms. The summed E-state index contributed by atoms with van der Waals surface area (Å²) in [7, 11) is 3.19. The molecule has 3 atom stereocenters. The van der Waals surface area contributed by atoms with Gasteiger partial charge in [-0.1, -0.05) is 46.2 Å². The third-order valence-electron chi connectivity index (χ3n) is 16.2. The number of likely N-dealkylation sites (tertiary alicyclic amines) is 1. The third-order valence-corrected chi connectivity index (χ3v) is 17.6. The number of halogens is 1. The number of carbonyl (C=O) groups excluding carboxylic acids is 9. The standard InChI is InChI=1S/C64H82ClN11O12S/c1-39(2)56(70-51(77)15-9-8-10-27-74-52(78)22-23-53(74)79)58(80)69-47(14-13-24-66)60(82)76(61(67)83)44-18-16-41(17-19-44)35-87-62(84)71(6)37-64(4,5)38-72(7)63(85)88-50-32-49-55(54-40(3)36-89-57(50)54)43(33-65)34-75(49)59(81)48-31-42-30-45(20-21-46(42)68-48)86-29-28-73-25-11-12-26-73/h16-23,30-32,36,39,43,47,56,68H,8-15,24-29,33-35,37-38,66H2,1-7H3,(H2,67,83)(H,69,80)(H,70,77)/t43-,47+,56+/m1/s1. The average Bonchev–Trinajstić information content (AvgIpc) is 1.63. The van der Waals surface area contributed by atoms with Crippen LogP contribution in [0.4, 0.5) is 25.8 Å². The van der Waals surface area contributed by atoms with Gasteiger partial charge in [0.05, 0.1) is 16.1 Å². The van der Waals surface area contributed by atoms with Gasteiger partial charge in [0.1, 0.15) is 36.7 Å². The Bertz CT molecular complexity index is 3450. The molecule has 0 unspecified atom stereocenters. The number of nitrogens with two attached hydrogens (primary N) is 2. The number of H-pyrrole nitrogens is 1. The molecule has 1 saturated heterocycles. The molecule has 1 fully saturated rings. The monoisotopic (exact) mass is 1260 g/mol. The van der Waals surface area contributed by atoms with Crippen LogP contribution in [0.25, 0.3) is 21.0 Å². The number of rotatable bonds is 28. The van der Waals surface area contributed by atoms with E-state index in [1.807, 2.05) is 50.4 Å². The average molecular weight is 1260 g/mol. The van der Waals surface area contributed by atoms with Crippen molar-refractivity contribution >= 4 is 109 Å². The molecule has 0 spiro atoms. The zero-order chi connectivity index (χ0) is 64.3. The molecule has 3 aromatic carbocycles. The lowest BCUT2D eigenvalue weighted by molar-refractivity contribution is -0.137. The molecule has 89 heavy (non-hydrogen) atoms. The number of unbranched alkanes of at least 4 members (excludes halogenated alkanes) is 2. The number of amides is 10. The molecule has 3 aliphatic heterocycles. The van der Waals surface area contributed by atoms with E-state index in [1.54, 1.807) is 51.0 Å². The van der Waals surface area contributed by atoms with Gasteiger partial charge in [0.15, 0.2) is 5.75 Å². The van der Waals surface area contributed by atoms with Crippen molar-refractivity contribution in [2.75, 3.05) is 88.7 Å². The molecule has 478 valence electrons. The summed E-state index contributed by atoms with van der Waals surface area (Å²) in [6.45, 7) is 13.8. The summed E-state index contributed by atoms with van der Waals surface area (Å²) in [5.74, 6) is -2.13. The Labute approximate surface area is 527 Å². The highest BCUT2D eigenvalue weighted by Gasteiger charge is 2.38. The van der Waals surface area contributed by atoms with Gasteiger partial charge in [0, 0.05) is 105 Å². The fraction of sp³-hybridized carbons (Fsp3) is 0.484. The SMILES string of the molecule is Cc1csc2c(OC(=O)N(C)CC(C)(C)CN(C)C(=O)OCc3ccc(N(C(N)=O)C(=O)[C@H](CCCN)NC(=O)[C@@H](NC(=O)CCCCCN4C(=O)C=CC4=O)C(C)C)cc3)cc3c(c12)[C@H](CCl)CN3C(=O)c1cc2cc(OCCN3CCCC3)ccc2[nH]1. The maximum Gasteiger partial charge on any atom is 0.415 e. The Kier molecular flexibility index (Phi) is 22.5. The van der Waals surface area contributed by atoms with Crippen LogP contribution in [-0.2, 0) is 35.3 Å². The zero-order valence-electron chi connectivity index (χ0n) is 51.7. The van der Waals surface area contributed by atoms with E-state index in [0.29, 0.717) is 61.5 Å². The Hall–Kier alpha value is -8.06. The van der Waals surface area contributed by atoms with Crippen molar-refractivity contribution < 1.29 is 57.4 Å². The number of urea groups is 1. The molecule has 2 aromatic heterocycles. The Morgan fingerprint density at radius 2 is 1.57 bits per heavy atom. The molecule has 0 aliphatic carbocycles. The van der Waals surface area contributed by atoms with Crippen LogP contribution in [0.15, 0.2) is 72.1 Å². The molecule has 25 heteroatoms. The highest BCUT2D eigenvalue weighted by Crippen LogP contribution is 2.49. The molecule has 10 amide bonds. The summed E-state index contributed by atoms with van der Waals surface area (Å²) < 4.78 is 18.7. The Balaban J connectivity index is 0.836. The molecule has 23 nitrogen and oxygen atoms in total. The second-order valence-electron chi connectivity index (χ2n) is 24.3. The van der Waals surface area contributed by atoms with Gasteiger partial charge in [0.25, 0.3) is 23.6 Å². The number of hydrogen-bond acceptors (Lipinski definition) is 15. The van der Waals surface area contributed by atoms with Gasteiger partial charge in [-0.05, 0) is 129 Å². The van der Waals surface area contributed by atoms with E-state index in [4.69, 9.17) is 37.3 Å². The van der Waals surface area contributed by atoms with E-state index in [2.05, 4.69) is 20.5 Å². The van der Waals surface area contributed by atoms with E-state index in [0.717, 1.165) is 67.3 Å². The fourth-order valence-electron chi connectivity index (χ4n) is 11.7. The van der Waals surface area contributed by atoms with Crippen molar-refractivity contribution in [1.29, 1.82) is 0 Å². The van der Waals surface area contributed by atoms with E-state index in [-0.39, 0.29) is 80.8 Å². The van der Waals surface area contributed by atoms with Crippen molar-refractivity contribution in [3.8, 4) is 11.5 Å². The third kappa shape index (κ3) is 16.6. The van der Waals surface area contributed by atoms with Crippen LogP contribution in [0.3, 0.4) is 0 Å². The normalized spacial score (nSPS) is 15.6. The van der Waals surface area contributed by atoms with Crippen molar-refractivity contribution in [3.63, 3.8) is 0 Å². The summed E-state index contributed by atoms with van der Waals surface area (Å²) in [6.07, 6.45) is 5.50. The van der Waals surface area contributed by atoms with Crippen LogP contribution in [0.1, 0.15) is 112 Å². The number of nitrogens with zero attached hydrogens (tertiary/aromatic N) is 6. The topological polar surface area (TPSA) is 293 Å². The molecule has 0 radical (unpaired) electrons. The number of benzene rings is 3. The maximum atomic E-state index is 14.5. The number of fused-ring (bicyclic) bond motifs is 4. The number of hydrogen-bond donors (Lipinski definition) is 5. The number of aromatic amines is 1. The highest BCUT2D eigenvalue weighted by molar-refractivity contribution is 7.17. The second kappa shape index (κ2) is 30.0. The fourth-order valence-corrected chi connectivity index (χ4v) is 13.0. The number of nitrogens with one attached hydrogen (secondary N) is 3. The first-order chi connectivity index (χ1) is 42.5. The zero-order valence-corrected chi connectivity index (χ0v) is 53.3. The molecular formula is C64H82ClN11O12S. The van der Waals surface area contributed by atoms with Crippen LogP contribution in [0.5, 0.6) is 11.5 Å². The van der Waals surface area contributed by atoms with Gasteiger partial charge in [-0.15, -0.1) is 22.9 Å². The molecule has 5 heterocycles. The number of ether oxygens (including phenoxy) is 3. The lowest BCUT2D eigenvalue weighted by atomic mass is 9.92. The number of thiophene rings is 1. The van der Waals surface area contributed by atoms with Crippen LogP contribution in [0, 0.1) is 18.3 Å². The van der Waals surface area contributed by atoms with Gasteiger partial charge in [-0.25, -0.2) is 19.3 Å².